The molecule has 0 bridgehead atoms. The number of hydrogen-bond donors (Lipinski definition) is 1. The van der Waals surface area contributed by atoms with E-state index in [4.69, 9.17) is 9.97 Å². The molecule has 0 fully saturated rings. The van der Waals surface area contributed by atoms with Crippen LogP contribution in [0.4, 0.5) is 5.82 Å². The zero-order valence-corrected chi connectivity index (χ0v) is 11.9. The molecule has 0 radical (unpaired) electrons. The molecule has 1 aliphatic carbocycles. The molecule has 0 atom stereocenters. The van der Waals surface area contributed by atoms with Crippen LogP contribution in [0.15, 0.2) is 0 Å². The van der Waals surface area contributed by atoms with Crippen molar-refractivity contribution in [2.24, 2.45) is 0 Å². The molecule has 2 aromatic rings. The highest BCUT2D eigenvalue weighted by Gasteiger charge is 2.21. The van der Waals surface area contributed by atoms with E-state index in [1.54, 1.807) is 0 Å². The van der Waals surface area contributed by atoms with E-state index in [9.17, 15) is 0 Å². The highest BCUT2D eigenvalue weighted by Crippen LogP contribution is 2.39. The van der Waals surface area contributed by atoms with Crippen LogP contribution in [0.2, 0.25) is 0 Å². The Balaban J connectivity index is 2.11. The predicted molar refractivity (Wildman–Crippen MR) is 77.6 cm³/mol. The average molecular weight is 261 g/mol. The lowest BCUT2D eigenvalue weighted by Gasteiger charge is -2.06. The van der Waals surface area contributed by atoms with Gasteiger partial charge in [0.2, 0.25) is 0 Å². The second-order valence-corrected chi connectivity index (χ2v) is 5.96. The molecule has 2 heterocycles. The summed E-state index contributed by atoms with van der Waals surface area (Å²) < 4.78 is 0. The first kappa shape index (κ1) is 11.9. The lowest BCUT2D eigenvalue weighted by molar-refractivity contribution is 0.758. The Morgan fingerprint density at radius 3 is 2.94 bits per heavy atom. The zero-order valence-electron chi connectivity index (χ0n) is 11.0. The molecule has 0 saturated heterocycles. The molecule has 3 nitrogen and oxygen atoms in total. The summed E-state index contributed by atoms with van der Waals surface area (Å²) in [5.41, 5.74) is 1.50. The Kier molecular flexibility index (Phi) is 3.20. The Morgan fingerprint density at radius 2 is 2.17 bits per heavy atom. The number of nitrogens with one attached hydrogen (secondary N) is 1. The van der Waals surface area contributed by atoms with E-state index in [1.807, 2.05) is 18.4 Å². The fraction of sp³-hybridized carbons (Fsp3) is 0.571. The normalized spacial score (nSPS) is 14.1. The fourth-order valence-corrected chi connectivity index (χ4v) is 3.95. The summed E-state index contributed by atoms with van der Waals surface area (Å²) in [5, 5.41) is 4.55. The third kappa shape index (κ3) is 1.88. The van der Waals surface area contributed by atoms with Crippen LogP contribution in [0.3, 0.4) is 0 Å². The van der Waals surface area contributed by atoms with Gasteiger partial charge in [0.25, 0.3) is 0 Å². The van der Waals surface area contributed by atoms with Crippen LogP contribution in [0.1, 0.15) is 42.5 Å². The number of rotatable bonds is 4. The summed E-state index contributed by atoms with van der Waals surface area (Å²) in [5.74, 6) is 2.03. The largest absolute Gasteiger partial charge is 0.372 e. The Hall–Kier alpha value is -1.16. The number of aryl methyl sites for hydroxylation is 3. The molecular weight excluding hydrogens is 242 g/mol. The molecule has 0 aliphatic heterocycles. The van der Waals surface area contributed by atoms with Crippen molar-refractivity contribution in [1.82, 2.24) is 9.97 Å². The molecule has 3 rings (SSSR count). The maximum Gasteiger partial charge on any atom is 0.138 e. The van der Waals surface area contributed by atoms with E-state index in [0.717, 1.165) is 18.1 Å². The molecular formula is C14H19N3S. The van der Waals surface area contributed by atoms with Crippen molar-refractivity contribution >= 4 is 27.4 Å². The standard InChI is InChI=1S/C14H19N3S/c1-3-4-8-11-16-13(15-2)12-9-6-5-7-10(9)18-14(12)17-11/h3-8H2,1-2H3,(H,15,16,17). The lowest BCUT2D eigenvalue weighted by Crippen LogP contribution is -2.01. The third-order valence-electron chi connectivity index (χ3n) is 3.60. The van der Waals surface area contributed by atoms with Gasteiger partial charge in [0, 0.05) is 18.3 Å². The number of nitrogens with zero attached hydrogens (tertiary/aromatic N) is 2. The maximum atomic E-state index is 4.75. The fourth-order valence-electron chi connectivity index (χ4n) is 2.67. The zero-order chi connectivity index (χ0) is 12.5. The molecule has 2 aromatic heterocycles. The lowest BCUT2D eigenvalue weighted by atomic mass is 10.2. The van der Waals surface area contributed by atoms with Gasteiger partial charge in [-0.1, -0.05) is 13.3 Å². The number of anilines is 1. The van der Waals surface area contributed by atoms with E-state index in [2.05, 4.69) is 12.2 Å². The van der Waals surface area contributed by atoms with Crippen molar-refractivity contribution in [3.63, 3.8) is 0 Å². The minimum atomic E-state index is 0.990. The Bertz CT molecular complexity index is 574. The van der Waals surface area contributed by atoms with Gasteiger partial charge in [-0.15, -0.1) is 11.3 Å². The van der Waals surface area contributed by atoms with Gasteiger partial charge >= 0.3 is 0 Å². The van der Waals surface area contributed by atoms with Crippen molar-refractivity contribution < 1.29 is 0 Å². The van der Waals surface area contributed by atoms with Gasteiger partial charge in [-0.25, -0.2) is 9.97 Å². The summed E-state index contributed by atoms with van der Waals surface area (Å²) in [4.78, 5) is 12.2. The highest BCUT2D eigenvalue weighted by atomic mass is 32.1. The van der Waals surface area contributed by atoms with Crippen molar-refractivity contribution in [3.8, 4) is 0 Å². The highest BCUT2D eigenvalue weighted by molar-refractivity contribution is 7.19. The molecule has 0 aromatic carbocycles. The van der Waals surface area contributed by atoms with Gasteiger partial charge in [-0.05, 0) is 31.2 Å². The molecule has 18 heavy (non-hydrogen) atoms. The first-order valence-electron chi connectivity index (χ1n) is 6.82. The second-order valence-electron chi connectivity index (χ2n) is 4.88. The molecule has 0 unspecified atom stereocenters. The smallest absolute Gasteiger partial charge is 0.138 e. The summed E-state index contributed by atoms with van der Waals surface area (Å²) in [7, 11) is 1.96. The first-order chi connectivity index (χ1) is 8.83. The Labute approximate surface area is 112 Å². The topological polar surface area (TPSA) is 37.8 Å². The molecule has 0 amide bonds. The van der Waals surface area contributed by atoms with Crippen LogP contribution in [0, 0.1) is 0 Å². The average Bonchev–Trinajstić information content (AvgIpc) is 2.95. The molecule has 1 N–H and O–H groups in total. The molecule has 0 spiro atoms. The number of fused-ring (bicyclic) bond motifs is 3. The van der Waals surface area contributed by atoms with E-state index >= 15 is 0 Å². The minimum Gasteiger partial charge on any atom is -0.372 e. The quantitative estimate of drug-likeness (QED) is 0.914. The van der Waals surface area contributed by atoms with Crippen LogP contribution in [-0.4, -0.2) is 17.0 Å². The maximum absolute atomic E-state index is 4.75. The molecule has 4 heteroatoms. The number of thiophene rings is 1. The van der Waals surface area contributed by atoms with Crippen molar-refractivity contribution in [1.29, 1.82) is 0 Å². The van der Waals surface area contributed by atoms with Gasteiger partial charge in [0.15, 0.2) is 0 Å². The summed E-state index contributed by atoms with van der Waals surface area (Å²) in [6.45, 7) is 2.21. The van der Waals surface area contributed by atoms with E-state index in [-0.39, 0.29) is 0 Å². The van der Waals surface area contributed by atoms with Crippen molar-refractivity contribution in [3.05, 3.63) is 16.3 Å². The molecule has 96 valence electrons. The predicted octanol–water partition coefficient (Wildman–Crippen LogP) is 3.56. The van der Waals surface area contributed by atoms with Crippen LogP contribution < -0.4 is 5.32 Å². The number of unbranched alkanes of at least 4 members (excludes halogenated alkanes) is 1. The van der Waals surface area contributed by atoms with E-state index in [1.165, 1.54) is 52.8 Å². The van der Waals surface area contributed by atoms with Gasteiger partial charge in [-0.2, -0.15) is 0 Å². The van der Waals surface area contributed by atoms with Gasteiger partial charge in [0.05, 0.1) is 5.39 Å². The van der Waals surface area contributed by atoms with E-state index in [0.29, 0.717) is 0 Å². The van der Waals surface area contributed by atoms with Crippen molar-refractivity contribution in [2.45, 2.75) is 45.4 Å². The summed E-state index contributed by atoms with van der Waals surface area (Å²) >= 11 is 1.87. The SMILES string of the molecule is CCCCc1nc(NC)c2c3c(sc2n1)CCC3. The van der Waals surface area contributed by atoms with Crippen LogP contribution in [-0.2, 0) is 19.3 Å². The second kappa shape index (κ2) is 4.84. The first-order valence-corrected chi connectivity index (χ1v) is 7.64. The molecule has 1 aliphatic rings. The van der Waals surface area contributed by atoms with Crippen LogP contribution in [0.25, 0.3) is 10.2 Å². The number of hydrogen-bond acceptors (Lipinski definition) is 4. The van der Waals surface area contributed by atoms with Gasteiger partial charge < -0.3 is 5.32 Å². The van der Waals surface area contributed by atoms with Crippen LogP contribution >= 0.6 is 11.3 Å². The number of aromatic nitrogens is 2. The minimum absolute atomic E-state index is 0.990. The van der Waals surface area contributed by atoms with Gasteiger partial charge in [0.1, 0.15) is 16.5 Å². The van der Waals surface area contributed by atoms with E-state index < -0.39 is 0 Å². The Morgan fingerprint density at radius 1 is 1.28 bits per heavy atom. The monoisotopic (exact) mass is 261 g/mol. The molecule has 0 saturated carbocycles. The van der Waals surface area contributed by atoms with Crippen molar-refractivity contribution in [2.75, 3.05) is 12.4 Å². The third-order valence-corrected chi connectivity index (χ3v) is 4.79. The summed E-state index contributed by atoms with van der Waals surface area (Å²) in [6, 6.07) is 0. The van der Waals surface area contributed by atoms with Crippen LogP contribution in [0.5, 0.6) is 0 Å². The summed E-state index contributed by atoms with van der Waals surface area (Å²) in [6.07, 6.45) is 7.06. The van der Waals surface area contributed by atoms with Gasteiger partial charge in [-0.3, -0.25) is 0 Å².